The average Bonchev–Trinajstić information content (AvgIpc) is 3.29. The molecule has 0 aliphatic heterocycles. The molecule has 0 spiro atoms. The summed E-state index contributed by atoms with van der Waals surface area (Å²) in [4.78, 5) is 26.7. The van der Waals surface area contributed by atoms with E-state index in [4.69, 9.17) is 4.74 Å². The second-order valence-corrected chi connectivity index (χ2v) is 6.72. The number of hydrogen-bond acceptors (Lipinski definition) is 7. The molecule has 9 heteroatoms. The first-order valence-corrected chi connectivity index (χ1v) is 9.35. The molecule has 0 saturated carbocycles. The van der Waals surface area contributed by atoms with Crippen LogP contribution >= 0.6 is 11.3 Å². The van der Waals surface area contributed by atoms with E-state index in [9.17, 15) is 9.59 Å². The third-order valence-electron chi connectivity index (χ3n) is 3.65. The Labute approximate surface area is 160 Å². The molecule has 0 bridgehead atoms. The van der Waals surface area contributed by atoms with Crippen molar-refractivity contribution in [3.05, 3.63) is 46.8 Å². The Bertz CT molecular complexity index is 936. The zero-order valence-corrected chi connectivity index (χ0v) is 15.8. The number of nitrogens with zero attached hydrogens (tertiary/aromatic N) is 4. The van der Waals surface area contributed by atoms with Crippen molar-refractivity contribution < 1.29 is 14.3 Å². The Morgan fingerprint density at radius 1 is 1.22 bits per heavy atom. The lowest BCUT2D eigenvalue weighted by molar-refractivity contribution is -0.117. The number of aromatic nitrogens is 4. The van der Waals surface area contributed by atoms with Gasteiger partial charge in [-0.25, -0.2) is 4.79 Å². The monoisotopic (exact) mass is 385 g/mol. The number of ether oxygens (including phenoxy) is 1. The molecule has 27 heavy (non-hydrogen) atoms. The lowest BCUT2D eigenvalue weighted by Crippen LogP contribution is -2.21. The Balaban J connectivity index is 1.70. The maximum absolute atomic E-state index is 12.4. The lowest BCUT2D eigenvalue weighted by Gasteiger charge is -2.05. The zero-order chi connectivity index (χ0) is 19.2. The fourth-order valence-electron chi connectivity index (χ4n) is 2.38. The Morgan fingerprint density at radius 3 is 2.70 bits per heavy atom. The van der Waals surface area contributed by atoms with Crippen molar-refractivity contribution in [3.8, 4) is 11.4 Å². The number of tetrazole rings is 1. The highest BCUT2D eigenvalue weighted by atomic mass is 32.1. The molecule has 0 radical (unpaired) electrons. The van der Waals surface area contributed by atoms with Gasteiger partial charge in [-0.15, -0.1) is 21.5 Å². The van der Waals surface area contributed by atoms with Crippen molar-refractivity contribution in [2.24, 2.45) is 0 Å². The molecule has 0 saturated heterocycles. The van der Waals surface area contributed by atoms with E-state index in [1.54, 1.807) is 13.0 Å². The first kappa shape index (κ1) is 18.7. The molecular weight excluding hydrogens is 366 g/mol. The van der Waals surface area contributed by atoms with Gasteiger partial charge >= 0.3 is 5.97 Å². The normalized spacial score (nSPS) is 10.6. The average molecular weight is 385 g/mol. The number of nitrogens with one attached hydrogen (secondary N) is 1. The van der Waals surface area contributed by atoms with E-state index in [0.717, 1.165) is 16.9 Å². The number of anilines is 1. The summed E-state index contributed by atoms with van der Waals surface area (Å²) >= 11 is 1.36. The molecule has 2 heterocycles. The van der Waals surface area contributed by atoms with Crippen molar-refractivity contribution >= 4 is 28.2 Å². The van der Waals surface area contributed by atoms with Gasteiger partial charge in [0.1, 0.15) is 11.5 Å². The first-order chi connectivity index (χ1) is 13.1. The van der Waals surface area contributed by atoms with Gasteiger partial charge in [0, 0.05) is 10.4 Å². The number of thiophene rings is 1. The van der Waals surface area contributed by atoms with Gasteiger partial charge in [-0.05, 0) is 24.6 Å². The van der Waals surface area contributed by atoms with Crippen LogP contribution in [0.1, 0.15) is 29.1 Å². The summed E-state index contributed by atoms with van der Waals surface area (Å²) < 4.78 is 5.06. The summed E-state index contributed by atoms with van der Waals surface area (Å²) in [6.07, 6.45) is 0.762. The molecule has 1 aromatic carbocycles. The molecule has 0 aliphatic carbocycles. The van der Waals surface area contributed by atoms with Gasteiger partial charge in [-0.1, -0.05) is 37.3 Å². The van der Waals surface area contributed by atoms with E-state index < -0.39 is 5.97 Å². The quantitative estimate of drug-likeness (QED) is 0.628. The number of carbonyl (C=O) groups excluding carboxylic acids is 2. The van der Waals surface area contributed by atoms with Crippen LogP contribution in [0.2, 0.25) is 0 Å². The second-order valence-electron chi connectivity index (χ2n) is 5.59. The highest BCUT2D eigenvalue weighted by Crippen LogP contribution is 2.29. The maximum atomic E-state index is 12.4. The standard InChI is InChI=1S/C18H19N5O3S/c1-3-13-10-14(18(25)26-4-2)17(27-13)19-15(24)11-23-21-16(20-22-23)12-8-6-5-7-9-12/h5-10H,3-4,11H2,1-2H3,(H,19,24). The SMILES string of the molecule is CCOC(=O)c1cc(CC)sc1NC(=O)Cn1nnc(-c2ccccc2)n1. The number of aryl methyl sites for hydroxylation is 1. The van der Waals surface area contributed by atoms with Crippen molar-refractivity contribution in [2.45, 2.75) is 26.8 Å². The number of amides is 1. The highest BCUT2D eigenvalue weighted by Gasteiger charge is 2.19. The third kappa shape index (κ3) is 4.56. The summed E-state index contributed by atoms with van der Waals surface area (Å²) in [6.45, 7) is 3.89. The van der Waals surface area contributed by atoms with E-state index in [-0.39, 0.29) is 19.1 Å². The van der Waals surface area contributed by atoms with Gasteiger partial charge in [0.2, 0.25) is 11.7 Å². The molecule has 3 rings (SSSR count). The number of benzene rings is 1. The largest absolute Gasteiger partial charge is 0.462 e. The van der Waals surface area contributed by atoms with Crippen molar-refractivity contribution in [2.75, 3.05) is 11.9 Å². The van der Waals surface area contributed by atoms with Gasteiger partial charge in [0.15, 0.2) is 0 Å². The van der Waals surface area contributed by atoms with Crippen molar-refractivity contribution in [3.63, 3.8) is 0 Å². The summed E-state index contributed by atoms with van der Waals surface area (Å²) in [5.41, 5.74) is 1.18. The van der Waals surface area contributed by atoms with Crippen LogP contribution in [0.15, 0.2) is 36.4 Å². The fraction of sp³-hybridized carbons (Fsp3) is 0.278. The Morgan fingerprint density at radius 2 is 2.00 bits per heavy atom. The van der Waals surface area contributed by atoms with E-state index in [1.807, 2.05) is 37.3 Å². The zero-order valence-electron chi connectivity index (χ0n) is 15.0. The van der Waals surface area contributed by atoms with Gasteiger partial charge in [-0.2, -0.15) is 4.80 Å². The second kappa shape index (κ2) is 8.54. The summed E-state index contributed by atoms with van der Waals surface area (Å²) in [6, 6.07) is 11.1. The van der Waals surface area contributed by atoms with Crippen molar-refractivity contribution in [1.82, 2.24) is 20.2 Å². The molecule has 8 nitrogen and oxygen atoms in total. The van der Waals surface area contributed by atoms with Gasteiger partial charge in [0.05, 0.1) is 12.2 Å². The van der Waals surface area contributed by atoms with Crippen LogP contribution in [-0.4, -0.2) is 38.7 Å². The van der Waals surface area contributed by atoms with Gasteiger partial charge < -0.3 is 10.1 Å². The molecule has 1 amide bonds. The van der Waals surface area contributed by atoms with Gasteiger partial charge in [-0.3, -0.25) is 4.79 Å². The van der Waals surface area contributed by atoms with Crippen LogP contribution in [0.25, 0.3) is 11.4 Å². The molecule has 0 atom stereocenters. The number of hydrogen-bond donors (Lipinski definition) is 1. The molecule has 0 fully saturated rings. The minimum absolute atomic E-state index is 0.110. The predicted octanol–water partition coefficient (Wildman–Crippen LogP) is 2.78. The van der Waals surface area contributed by atoms with Crippen LogP contribution in [0, 0.1) is 0 Å². The topological polar surface area (TPSA) is 99.0 Å². The highest BCUT2D eigenvalue weighted by molar-refractivity contribution is 7.16. The first-order valence-electron chi connectivity index (χ1n) is 8.53. The van der Waals surface area contributed by atoms with E-state index in [0.29, 0.717) is 16.4 Å². The summed E-state index contributed by atoms with van der Waals surface area (Å²) in [5, 5.41) is 15.3. The van der Waals surface area contributed by atoms with Crippen LogP contribution in [-0.2, 0) is 22.5 Å². The van der Waals surface area contributed by atoms with Crippen LogP contribution < -0.4 is 5.32 Å². The smallest absolute Gasteiger partial charge is 0.341 e. The molecule has 3 aromatic rings. The molecule has 0 aliphatic rings. The van der Waals surface area contributed by atoms with Gasteiger partial charge in [0.25, 0.3) is 0 Å². The van der Waals surface area contributed by atoms with E-state index >= 15 is 0 Å². The van der Waals surface area contributed by atoms with E-state index in [1.165, 1.54) is 16.1 Å². The Kier molecular flexibility index (Phi) is 5.92. The maximum Gasteiger partial charge on any atom is 0.341 e. The van der Waals surface area contributed by atoms with Crippen LogP contribution in [0.3, 0.4) is 0 Å². The summed E-state index contributed by atoms with van der Waals surface area (Å²) in [7, 11) is 0. The fourth-order valence-corrected chi connectivity index (χ4v) is 3.38. The predicted molar refractivity (Wildman–Crippen MR) is 102 cm³/mol. The van der Waals surface area contributed by atoms with Crippen molar-refractivity contribution in [1.29, 1.82) is 0 Å². The third-order valence-corrected chi connectivity index (χ3v) is 4.84. The van der Waals surface area contributed by atoms with E-state index in [2.05, 4.69) is 20.7 Å². The molecule has 1 N–H and O–H groups in total. The number of rotatable bonds is 7. The minimum atomic E-state index is -0.450. The molecular formula is C18H19N5O3S. The summed E-state index contributed by atoms with van der Waals surface area (Å²) in [5.74, 6) is -0.351. The minimum Gasteiger partial charge on any atom is -0.462 e. The molecule has 2 aromatic heterocycles. The Hall–Kier alpha value is -3.07. The lowest BCUT2D eigenvalue weighted by atomic mass is 10.2. The number of carbonyl (C=O) groups is 2. The van der Waals surface area contributed by atoms with Crippen LogP contribution in [0.4, 0.5) is 5.00 Å². The molecule has 140 valence electrons. The number of esters is 1. The van der Waals surface area contributed by atoms with Crippen LogP contribution in [0.5, 0.6) is 0 Å². The molecule has 0 unspecified atom stereocenters.